The lowest BCUT2D eigenvalue weighted by Gasteiger charge is -2.37. The Labute approximate surface area is 249 Å². The number of fused-ring (bicyclic) bond motifs is 3. The molecule has 0 aromatic heterocycles. The quantitative estimate of drug-likeness (QED) is 0.186. The van der Waals surface area contributed by atoms with Gasteiger partial charge >= 0.3 is 6.09 Å². The number of nitrogens with zero attached hydrogens (tertiary/aromatic N) is 1. The third kappa shape index (κ3) is 6.31. The molecule has 6 nitrogen and oxygen atoms in total. The fraction of sp³-hybridized carbons (Fsp3) is 0.394. The van der Waals surface area contributed by atoms with Crippen molar-refractivity contribution in [1.82, 2.24) is 4.90 Å². The van der Waals surface area contributed by atoms with Crippen molar-refractivity contribution in [2.45, 2.75) is 64.2 Å². The van der Waals surface area contributed by atoms with Crippen molar-refractivity contribution >= 4 is 31.3 Å². The molecule has 218 valence electrons. The Morgan fingerprint density at radius 1 is 1.00 bits per heavy atom. The number of hydrogen-bond donors (Lipinski definition) is 0. The summed E-state index contributed by atoms with van der Waals surface area (Å²) in [5, 5.41) is -0.651. The van der Waals surface area contributed by atoms with E-state index >= 15 is 0 Å². The maximum absolute atomic E-state index is 13.2. The first-order valence-electron chi connectivity index (χ1n) is 13.9. The van der Waals surface area contributed by atoms with Crippen LogP contribution in [0.1, 0.15) is 48.9 Å². The molecule has 0 saturated heterocycles. The van der Waals surface area contributed by atoms with E-state index in [0.29, 0.717) is 11.5 Å². The Morgan fingerprint density at radius 2 is 1.56 bits per heavy atom. The zero-order chi connectivity index (χ0) is 30.1. The molecule has 4 rings (SSSR count). The molecule has 1 amide bonds. The molecular weight excluding hydrogens is 554 g/mol. The Hall–Kier alpha value is -3.29. The standard InChI is InChI=1S/C33H40ClNO5Si/c1-21-17-22(19-29(30(21)38-6)40-41(7,8)33(2,3)4)18-28(31(34)36)35(5)32(37)39-20-27-25-15-11-9-13-23(25)24-14-10-12-16-26(24)27/h9-17,19,27-28H,18,20H2,1-8H3/t28-/m0/s1. The molecule has 1 aliphatic rings. The number of benzene rings is 3. The van der Waals surface area contributed by atoms with Crippen LogP contribution in [0.2, 0.25) is 18.1 Å². The lowest BCUT2D eigenvalue weighted by Crippen LogP contribution is -2.44. The van der Waals surface area contributed by atoms with E-state index < -0.39 is 25.7 Å². The Bertz CT molecular complexity index is 1400. The highest BCUT2D eigenvalue weighted by Gasteiger charge is 2.40. The van der Waals surface area contributed by atoms with Crippen LogP contribution in [-0.4, -0.2) is 51.4 Å². The van der Waals surface area contributed by atoms with Crippen LogP contribution in [0.4, 0.5) is 4.79 Å². The summed E-state index contributed by atoms with van der Waals surface area (Å²) in [6.07, 6.45) is -0.393. The summed E-state index contributed by atoms with van der Waals surface area (Å²) in [6, 6.07) is 19.2. The highest BCUT2D eigenvalue weighted by atomic mass is 35.5. The maximum Gasteiger partial charge on any atom is 0.410 e. The van der Waals surface area contributed by atoms with Crippen LogP contribution in [0.3, 0.4) is 0 Å². The Kier molecular flexibility index (Phi) is 8.90. The summed E-state index contributed by atoms with van der Waals surface area (Å²) in [5.41, 5.74) is 6.24. The summed E-state index contributed by atoms with van der Waals surface area (Å²) in [7, 11) is 0.998. The van der Waals surface area contributed by atoms with Crippen LogP contribution in [0.25, 0.3) is 11.1 Å². The normalized spacial score (nSPS) is 13.7. The van der Waals surface area contributed by atoms with Crippen molar-refractivity contribution in [3.8, 4) is 22.6 Å². The number of hydrogen-bond acceptors (Lipinski definition) is 5. The minimum atomic E-state index is -2.17. The van der Waals surface area contributed by atoms with Crippen molar-refractivity contribution in [3.05, 3.63) is 82.9 Å². The van der Waals surface area contributed by atoms with Gasteiger partial charge in [0.05, 0.1) is 7.11 Å². The molecule has 0 heterocycles. The summed E-state index contributed by atoms with van der Waals surface area (Å²) < 4.78 is 18.1. The molecule has 0 spiro atoms. The fourth-order valence-corrected chi connectivity index (χ4v) is 6.34. The second-order valence-electron chi connectivity index (χ2n) is 12.2. The fourth-order valence-electron chi connectivity index (χ4n) is 5.11. The summed E-state index contributed by atoms with van der Waals surface area (Å²) in [6.45, 7) is 13.0. The molecule has 0 fully saturated rings. The van der Waals surface area contributed by atoms with Crippen LogP contribution in [-0.2, 0) is 16.0 Å². The Morgan fingerprint density at radius 3 is 2.07 bits per heavy atom. The smallest absolute Gasteiger partial charge is 0.410 e. The largest absolute Gasteiger partial charge is 0.541 e. The monoisotopic (exact) mass is 593 g/mol. The van der Waals surface area contributed by atoms with Gasteiger partial charge in [0.1, 0.15) is 18.4 Å². The van der Waals surface area contributed by atoms with Crippen LogP contribution >= 0.6 is 11.6 Å². The van der Waals surface area contributed by atoms with E-state index in [2.05, 4.69) is 58.1 Å². The number of carbonyl (C=O) groups excluding carboxylic acids is 2. The maximum atomic E-state index is 13.2. The van der Waals surface area contributed by atoms with Crippen LogP contribution in [0, 0.1) is 6.92 Å². The predicted molar refractivity (Wildman–Crippen MR) is 167 cm³/mol. The van der Waals surface area contributed by atoms with Gasteiger partial charge in [-0.2, -0.15) is 0 Å². The van der Waals surface area contributed by atoms with Crippen molar-refractivity contribution in [1.29, 1.82) is 0 Å². The first-order valence-corrected chi connectivity index (χ1v) is 17.2. The molecule has 3 aromatic carbocycles. The van der Waals surface area contributed by atoms with Gasteiger partial charge in [0, 0.05) is 19.4 Å². The molecule has 0 N–H and O–H groups in total. The minimum absolute atomic E-state index is 0.0130. The van der Waals surface area contributed by atoms with Crippen molar-refractivity contribution in [2.24, 2.45) is 0 Å². The average molecular weight is 594 g/mol. The SMILES string of the molecule is COc1c(C)cc(C[C@@H](C(=O)Cl)N(C)C(=O)OCC2c3ccccc3-c3ccccc32)cc1O[Si](C)(C)C(C)(C)C. The van der Waals surface area contributed by atoms with Crippen LogP contribution in [0.5, 0.6) is 11.5 Å². The number of amides is 1. The second kappa shape index (κ2) is 11.9. The lowest BCUT2D eigenvalue weighted by atomic mass is 9.98. The minimum Gasteiger partial charge on any atom is -0.541 e. The first-order chi connectivity index (χ1) is 19.2. The van der Waals surface area contributed by atoms with Crippen molar-refractivity contribution in [2.75, 3.05) is 20.8 Å². The third-order valence-corrected chi connectivity index (χ3v) is 13.1. The molecular formula is C33H40ClNO5Si. The van der Waals surface area contributed by atoms with Gasteiger partial charge in [0.25, 0.3) is 8.32 Å². The summed E-state index contributed by atoms with van der Waals surface area (Å²) in [5.74, 6) is 1.22. The van der Waals surface area contributed by atoms with Gasteiger partial charge in [0.2, 0.25) is 5.24 Å². The summed E-state index contributed by atoms with van der Waals surface area (Å²) in [4.78, 5) is 27.1. The van der Waals surface area contributed by atoms with Crippen LogP contribution < -0.4 is 9.16 Å². The van der Waals surface area contributed by atoms with Gasteiger partial charge < -0.3 is 13.9 Å². The van der Waals surface area contributed by atoms with Gasteiger partial charge in [-0.3, -0.25) is 9.69 Å². The highest BCUT2D eigenvalue weighted by molar-refractivity contribution is 6.74. The third-order valence-electron chi connectivity index (χ3n) is 8.46. The number of aryl methyl sites for hydroxylation is 1. The molecule has 0 saturated carbocycles. The molecule has 3 aromatic rings. The van der Waals surface area contributed by atoms with E-state index in [-0.39, 0.29) is 24.0 Å². The molecule has 41 heavy (non-hydrogen) atoms. The molecule has 0 bridgehead atoms. The van der Waals surface area contributed by atoms with Crippen LogP contribution in [0.15, 0.2) is 60.7 Å². The summed E-state index contributed by atoms with van der Waals surface area (Å²) >= 11 is 6.06. The first kappa shape index (κ1) is 30.7. The van der Waals surface area contributed by atoms with E-state index in [1.807, 2.05) is 43.3 Å². The van der Waals surface area contributed by atoms with Gasteiger partial charge in [-0.05, 0) is 76.1 Å². The second-order valence-corrected chi connectivity index (χ2v) is 17.3. The molecule has 0 unspecified atom stereocenters. The Balaban J connectivity index is 1.52. The number of ether oxygens (including phenoxy) is 2. The molecule has 0 aliphatic heterocycles. The topological polar surface area (TPSA) is 65.1 Å². The molecule has 8 heteroatoms. The number of rotatable bonds is 9. The van der Waals surface area contributed by atoms with Gasteiger partial charge in [-0.25, -0.2) is 4.79 Å². The number of likely N-dealkylation sites (N-methyl/N-ethyl adjacent to an activating group) is 1. The molecule has 1 atom stereocenters. The zero-order valence-corrected chi connectivity index (χ0v) is 27.0. The molecule has 0 radical (unpaired) electrons. The number of methoxy groups -OCH3 is 1. The zero-order valence-electron chi connectivity index (χ0n) is 25.2. The van der Waals surface area contributed by atoms with E-state index in [4.69, 9.17) is 25.5 Å². The van der Waals surface area contributed by atoms with E-state index in [1.54, 1.807) is 14.2 Å². The van der Waals surface area contributed by atoms with Gasteiger partial charge in [-0.1, -0.05) is 75.4 Å². The van der Waals surface area contributed by atoms with Crippen molar-refractivity contribution < 1.29 is 23.5 Å². The highest BCUT2D eigenvalue weighted by Crippen LogP contribution is 2.45. The van der Waals surface area contributed by atoms with Crippen molar-refractivity contribution in [3.63, 3.8) is 0 Å². The number of halogens is 1. The average Bonchev–Trinajstić information content (AvgIpc) is 3.22. The molecule has 1 aliphatic carbocycles. The van der Waals surface area contributed by atoms with E-state index in [0.717, 1.165) is 33.4 Å². The predicted octanol–water partition coefficient (Wildman–Crippen LogP) is 7.95. The number of carbonyl (C=O) groups is 2. The lowest BCUT2D eigenvalue weighted by molar-refractivity contribution is -0.115. The van der Waals surface area contributed by atoms with E-state index in [1.165, 1.54) is 4.90 Å². The van der Waals surface area contributed by atoms with E-state index in [9.17, 15) is 9.59 Å². The van der Waals surface area contributed by atoms with Gasteiger partial charge in [-0.15, -0.1) is 0 Å². The van der Waals surface area contributed by atoms with Gasteiger partial charge in [0.15, 0.2) is 5.75 Å².